The average molecular weight is 540 g/mol. The first-order valence-electron chi connectivity index (χ1n) is 14.4. The second kappa shape index (κ2) is 9.02. The Balaban J connectivity index is 1.38. The first-order valence-corrected chi connectivity index (χ1v) is 14.4. The largest absolute Gasteiger partial charge is 0.454 e. The third-order valence-electron chi connectivity index (χ3n) is 8.44. The van der Waals surface area contributed by atoms with Crippen LogP contribution >= 0.6 is 0 Å². The lowest BCUT2D eigenvalue weighted by molar-refractivity contribution is 0.670. The van der Waals surface area contributed by atoms with Gasteiger partial charge in [0.1, 0.15) is 11.1 Å². The van der Waals surface area contributed by atoms with Crippen LogP contribution in [0.1, 0.15) is 12.8 Å². The Labute approximate surface area is 241 Å². The van der Waals surface area contributed by atoms with Gasteiger partial charge in [-0.2, -0.15) is 0 Å². The molecule has 1 aliphatic rings. The number of benzene rings is 5. The molecular weight excluding hydrogens is 514 g/mol. The second-order valence-electron chi connectivity index (χ2n) is 10.9. The number of nitrogens with zero attached hydrogens (tertiary/aromatic N) is 3. The highest BCUT2D eigenvalue weighted by Crippen LogP contribution is 2.39. The van der Waals surface area contributed by atoms with Gasteiger partial charge in [0.05, 0.1) is 16.6 Å². The summed E-state index contributed by atoms with van der Waals surface area (Å²) < 4.78 is 8.76. The van der Waals surface area contributed by atoms with Gasteiger partial charge in [0, 0.05) is 32.3 Å². The summed E-state index contributed by atoms with van der Waals surface area (Å²) in [7, 11) is 0. The van der Waals surface area contributed by atoms with Gasteiger partial charge in [0.2, 0.25) is 5.95 Å². The highest BCUT2D eigenvalue weighted by Gasteiger charge is 2.21. The number of fused-ring (bicyclic) bond motifs is 8. The maximum atomic E-state index is 6.56. The number of hydrogen-bond acceptors (Lipinski definition) is 3. The molecule has 0 radical (unpaired) electrons. The van der Waals surface area contributed by atoms with Crippen molar-refractivity contribution < 1.29 is 4.42 Å². The van der Waals surface area contributed by atoms with E-state index in [1.54, 1.807) is 0 Å². The molecule has 198 valence electrons. The predicted octanol–water partition coefficient (Wildman–Crippen LogP) is 8.16. The molecule has 4 heteroatoms. The minimum Gasteiger partial charge on any atom is -0.454 e. The number of hydrogen-bond donors (Lipinski definition) is 0. The molecule has 3 aromatic heterocycles. The van der Waals surface area contributed by atoms with Gasteiger partial charge in [-0.3, -0.25) is 4.57 Å². The Morgan fingerprint density at radius 1 is 0.571 bits per heavy atom. The van der Waals surface area contributed by atoms with Crippen LogP contribution in [0.2, 0.25) is 0 Å². The van der Waals surface area contributed by atoms with E-state index in [2.05, 4.69) is 120 Å². The summed E-state index contributed by atoms with van der Waals surface area (Å²) in [5, 5.41) is 6.56. The summed E-state index contributed by atoms with van der Waals surface area (Å²) in [5.74, 6) is 0.652. The minimum atomic E-state index is 0.652. The second-order valence-corrected chi connectivity index (χ2v) is 10.9. The van der Waals surface area contributed by atoms with Crippen LogP contribution in [0.4, 0.5) is 0 Å². The van der Waals surface area contributed by atoms with E-state index in [4.69, 9.17) is 14.4 Å². The quantitative estimate of drug-likeness (QED) is 0.228. The zero-order valence-corrected chi connectivity index (χ0v) is 22.8. The summed E-state index contributed by atoms with van der Waals surface area (Å²) in [6.45, 7) is 0. The maximum Gasteiger partial charge on any atom is 0.235 e. The molecule has 0 aliphatic heterocycles. The fourth-order valence-electron chi connectivity index (χ4n) is 6.51. The first kappa shape index (κ1) is 23.2. The van der Waals surface area contributed by atoms with Gasteiger partial charge in [-0.15, -0.1) is 0 Å². The van der Waals surface area contributed by atoms with E-state index in [-0.39, 0.29) is 0 Å². The number of furan rings is 1. The highest BCUT2D eigenvalue weighted by atomic mass is 16.3. The Morgan fingerprint density at radius 3 is 2.24 bits per heavy atom. The van der Waals surface area contributed by atoms with Crippen LogP contribution in [0.3, 0.4) is 0 Å². The minimum absolute atomic E-state index is 0.652. The monoisotopic (exact) mass is 539 g/mol. The van der Waals surface area contributed by atoms with E-state index < -0.39 is 0 Å². The third kappa shape index (κ3) is 3.42. The average Bonchev–Trinajstić information content (AvgIpc) is 3.61. The lowest BCUT2D eigenvalue weighted by atomic mass is 10.00. The lowest BCUT2D eigenvalue weighted by Crippen LogP contribution is -2.34. The van der Waals surface area contributed by atoms with Crippen LogP contribution in [0.5, 0.6) is 0 Å². The van der Waals surface area contributed by atoms with Crippen LogP contribution in [0.15, 0.2) is 120 Å². The van der Waals surface area contributed by atoms with E-state index in [1.165, 1.54) is 11.1 Å². The van der Waals surface area contributed by atoms with Crippen molar-refractivity contribution in [3.63, 3.8) is 0 Å². The molecule has 0 bridgehead atoms. The number of aromatic nitrogens is 3. The molecule has 5 aromatic carbocycles. The van der Waals surface area contributed by atoms with Gasteiger partial charge < -0.3 is 4.42 Å². The highest BCUT2D eigenvalue weighted by molar-refractivity contribution is 6.21. The molecule has 0 spiro atoms. The number of rotatable bonds is 3. The Hall–Kier alpha value is -5.48. The summed E-state index contributed by atoms with van der Waals surface area (Å²) in [6, 6.07) is 40.3. The van der Waals surface area contributed by atoms with E-state index in [0.29, 0.717) is 5.95 Å². The smallest absolute Gasteiger partial charge is 0.235 e. The molecule has 3 heterocycles. The summed E-state index contributed by atoms with van der Waals surface area (Å²) in [5.41, 5.74) is 8.18. The fourth-order valence-corrected chi connectivity index (χ4v) is 6.51. The Morgan fingerprint density at radius 2 is 1.31 bits per heavy atom. The van der Waals surface area contributed by atoms with Crippen molar-refractivity contribution in [2.24, 2.45) is 0 Å². The van der Waals surface area contributed by atoms with Gasteiger partial charge in [-0.1, -0.05) is 103 Å². The molecule has 4 nitrogen and oxygen atoms in total. The third-order valence-corrected chi connectivity index (χ3v) is 8.44. The predicted molar refractivity (Wildman–Crippen MR) is 172 cm³/mol. The number of para-hydroxylation sites is 2. The summed E-state index contributed by atoms with van der Waals surface area (Å²) in [4.78, 5) is 10.6. The Bertz CT molecular complexity index is 2470. The molecule has 0 amide bonds. The van der Waals surface area contributed by atoms with Crippen LogP contribution in [0.25, 0.3) is 84.2 Å². The fraction of sp³-hybridized carbons (Fsp3) is 0.0526. The molecule has 1 aliphatic carbocycles. The molecule has 0 unspecified atom stereocenters. The van der Waals surface area contributed by atoms with Gasteiger partial charge >= 0.3 is 0 Å². The molecule has 9 rings (SSSR count). The summed E-state index contributed by atoms with van der Waals surface area (Å²) in [6.07, 6.45) is 6.48. The van der Waals surface area contributed by atoms with Crippen LogP contribution in [-0.2, 0) is 0 Å². The zero-order valence-electron chi connectivity index (χ0n) is 22.8. The van der Waals surface area contributed by atoms with E-state index in [1.807, 2.05) is 12.1 Å². The maximum absolute atomic E-state index is 6.56. The zero-order chi connectivity index (χ0) is 27.6. The summed E-state index contributed by atoms with van der Waals surface area (Å²) >= 11 is 0. The van der Waals surface area contributed by atoms with E-state index in [0.717, 1.165) is 78.4 Å². The topological polar surface area (TPSA) is 43.9 Å². The standard InChI is InChI=1S/C38H25N3O/c1-2-11-24(12-3-1)25-13-10-14-26(23-25)35-31-17-4-7-18-32(31)39-38(40-35)41-33-19-8-5-15-27(33)29-21-22-30-28-16-6-9-20-34(28)42-37(30)36(29)41/h1-3,5-6,8-23H,4,7H2. The van der Waals surface area contributed by atoms with Crippen molar-refractivity contribution in [2.75, 3.05) is 0 Å². The molecule has 0 fully saturated rings. The van der Waals surface area contributed by atoms with Gasteiger partial charge in [0.15, 0.2) is 5.58 Å². The van der Waals surface area contributed by atoms with E-state index in [9.17, 15) is 0 Å². The molecule has 42 heavy (non-hydrogen) atoms. The van der Waals surface area contributed by atoms with Crippen molar-refractivity contribution in [1.29, 1.82) is 0 Å². The molecular formula is C38H25N3O. The van der Waals surface area contributed by atoms with Crippen molar-refractivity contribution in [3.8, 4) is 28.3 Å². The van der Waals surface area contributed by atoms with E-state index >= 15 is 0 Å². The lowest BCUT2D eigenvalue weighted by Gasteiger charge is -2.13. The van der Waals surface area contributed by atoms with Gasteiger partial charge in [0.25, 0.3) is 0 Å². The molecule has 8 aromatic rings. The Kier molecular flexibility index (Phi) is 4.99. The molecule has 0 saturated carbocycles. The van der Waals surface area contributed by atoms with Crippen molar-refractivity contribution in [2.45, 2.75) is 12.8 Å². The van der Waals surface area contributed by atoms with Crippen molar-refractivity contribution in [1.82, 2.24) is 14.5 Å². The van der Waals surface area contributed by atoms with Crippen LogP contribution in [0, 0.1) is 0 Å². The molecule has 0 saturated heterocycles. The SMILES string of the molecule is C1=c2nc(-n3c4ccccc4c4ccc5c6ccccc6oc5c43)nc(-c3cccc(-c4ccccc4)c3)c2=CCC1. The van der Waals surface area contributed by atoms with Gasteiger partial charge in [-0.25, -0.2) is 9.97 Å². The van der Waals surface area contributed by atoms with Crippen LogP contribution in [-0.4, -0.2) is 14.5 Å². The first-order chi connectivity index (χ1) is 20.8. The van der Waals surface area contributed by atoms with Crippen molar-refractivity contribution >= 4 is 55.9 Å². The van der Waals surface area contributed by atoms with Gasteiger partial charge in [-0.05, 0) is 48.2 Å². The molecule has 0 N–H and O–H groups in total. The normalized spacial score (nSPS) is 13.0. The van der Waals surface area contributed by atoms with Crippen LogP contribution < -0.4 is 10.6 Å². The molecule has 0 atom stereocenters. The van der Waals surface area contributed by atoms with Crippen molar-refractivity contribution in [3.05, 3.63) is 126 Å².